The topological polar surface area (TPSA) is 24.5 Å². The lowest BCUT2D eigenvalue weighted by atomic mass is 9.84. The highest BCUT2D eigenvalue weighted by atomic mass is 16.5. The lowest BCUT2D eigenvalue weighted by molar-refractivity contribution is 0.0902. The van der Waals surface area contributed by atoms with Gasteiger partial charge in [-0.15, -0.1) is 0 Å². The van der Waals surface area contributed by atoms with Gasteiger partial charge in [0.25, 0.3) is 0 Å². The predicted molar refractivity (Wildman–Crippen MR) is 84.9 cm³/mol. The van der Waals surface area contributed by atoms with Gasteiger partial charge >= 0.3 is 0 Å². The summed E-state index contributed by atoms with van der Waals surface area (Å²) in [6.07, 6.45) is 9.83. The van der Waals surface area contributed by atoms with Crippen LogP contribution >= 0.6 is 0 Å². The Morgan fingerprint density at radius 3 is 2.45 bits per heavy atom. The van der Waals surface area contributed by atoms with Crippen LogP contribution in [0, 0.1) is 0 Å². The molecule has 3 nitrogen and oxygen atoms in total. The molecule has 0 saturated carbocycles. The van der Waals surface area contributed by atoms with Crippen LogP contribution in [-0.2, 0) is 4.74 Å². The molecule has 0 aromatic carbocycles. The van der Waals surface area contributed by atoms with Gasteiger partial charge in [0.2, 0.25) is 0 Å². The molecular formula is C17H32N2O. The van der Waals surface area contributed by atoms with Crippen LogP contribution in [0.3, 0.4) is 0 Å². The Labute approximate surface area is 124 Å². The Morgan fingerprint density at radius 1 is 1.20 bits per heavy atom. The van der Waals surface area contributed by atoms with Gasteiger partial charge in [-0.2, -0.15) is 0 Å². The van der Waals surface area contributed by atoms with Gasteiger partial charge in [-0.05, 0) is 64.7 Å². The van der Waals surface area contributed by atoms with Crippen LogP contribution in [-0.4, -0.2) is 42.7 Å². The molecule has 116 valence electrons. The maximum Gasteiger partial charge on any atom is 0.0876 e. The molecule has 0 bridgehead atoms. The summed E-state index contributed by atoms with van der Waals surface area (Å²) in [7, 11) is 0. The molecule has 0 aliphatic carbocycles. The average Bonchev–Trinajstić information content (AvgIpc) is 2.75. The molecule has 0 aromatic rings. The van der Waals surface area contributed by atoms with Crippen LogP contribution in [0.15, 0.2) is 11.8 Å². The van der Waals surface area contributed by atoms with Gasteiger partial charge < -0.3 is 10.1 Å². The molecule has 2 aliphatic rings. The van der Waals surface area contributed by atoms with Crippen LogP contribution in [0.25, 0.3) is 0 Å². The Balaban J connectivity index is 2.14. The molecule has 0 radical (unpaired) electrons. The fraction of sp³-hybridized carbons (Fsp3) is 0.882. The van der Waals surface area contributed by atoms with Crippen LogP contribution in [0.5, 0.6) is 0 Å². The third-order valence-electron chi connectivity index (χ3n) is 4.87. The van der Waals surface area contributed by atoms with E-state index in [-0.39, 0.29) is 5.54 Å². The summed E-state index contributed by atoms with van der Waals surface area (Å²) in [6, 6.07) is 0.408. The molecule has 2 rings (SSSR count). The van der Waals surface area contributed by atoms with E-state index in [1.54, 1.807) is 0 Å². The van der Waals surface area contributed by atoms with Crippen LogP contribution in [0.4, 0.5) is 0 Å². The molecule has 2 aliphatic heterocycles. The van der Waals surface area contributed by atoms with Gasteiger partial charge in [0.1, 0.15) is 0 Å². The van der Waals surface area contributed by atoms with Gasteiger partial charge in [-0.3, -0.25) is 4.90 Å². The van der Waals surface area contributed by atoms with E-state index in [1.165, 1.54) is 50.8 Å². The lowest BCUT2D eigenvalue weighted by Crippen LogP contribution is -2.59. The average molecular weight is 280 g/mol. The first-order valence-electron chi connectivity index (χ1n) is 8.45. The summed E-state index contributed by atoms with van der Waals surface area (Å²) >= 11 is 0. The predicted octanol–water partition coefficient (Wildman–Crippen LogP) is 3.31. The molecule has 1 saturated heterocycles. The Bertz CT molecular complexity index is 317. The zero-order valence-electron chi connectivity index (χ0n) is 13.6. The van der Waals surface area contributed by atoms with Crippen molar-refractivity contribution >= 4 is 0 Å². The van der Waals surface area contributed by atoms with Crippen LogP contribution in [0.1, 0.15) is 59.3 Å². The minimum Gasteiger partial charge on any atom is -0.501 e. The fourth-order valence-electron chi connectivity index (χ4n) is 3.67. The van der Waals surface area contributed by atoms with Gasteiger partial charge in [-0.25, -0.2) is 0 Å². The van der Waals surface area contributed by atoms with E-state index in [1.807, 2.05) is 6.26 Å². The van der Waals surface area contributed by atoms with Crippen molar-refractivity contribution in [2.24, 2.45) is 0 Å². The first-order chi connectivity index (χ1) is 9.66. The highest BCUT2D eigenvalue weighted by Gasteiger charge is 2.37. The number of likely N-dealkylation sites (tertiary alicyclic amines) is 1. The smallest absolute Gasteiger partial charge is 0.0876 e. The van der Waals surface area contributed by atoms with Crippen molar-refractivity contribution in [2.45, 2.75) is 70.9 Å². The van der Waals surface area contributed by atoms with Crippen molar-refractivity contribution in [3.63, 3.8) is 0 Å². The summed E-state index contributed by atoms with van der Waals surface area (Å²) < 4.78 is 5.60. The number of likely N-dealkylation sites (N-methyl/N-ethyl adjacent to an activating group) is 1. The maximum absolute atomic E-state index is 5.60. The maximum atomic E-state index is 5.60. The second kappa shape index (κ2) is 7.46. The Hall–Kier alpha value is -0.540. The van der Waals surface area contributed by atoms with E-state index in [2.05, 4.69) is 31.0 Å². The second-order valence-electron chi connectivity index (χ2n) is 6.71. The number of nitrogens with one attached hydrogen (secondary N) is 1. The summed E-state index contributed by atoms with van der Waals surface area (Å²) in [5, 5.41) is 3.72. The quantitative estimate of drug-likeness (QED) is 0.836. The largest absolute Gasteiger partial charge is 0.501 e. The van der Waals surface area contributed by atoms with Crippen LogP contribution in [0.2, 0.25) is 0 Å². The normalized spacial score (nSPS) is 23.6. The first kappa shape index (κ1) is 15.8. The van der Waals surface area contributed by atoms with Crippen molar-refractivity contribution in [3.05, 3.63) is 11.8 Å². The zero-order valence-corrected chi connectivity index (χ0v) is 13.6. The summed E-state index contributed by atoms with van der Waals surface area (Å²) in [4.78, 5) is 2.70. The molecule has 20 heavy (non-hydrogen) atoms. The zero-order chi connectivity index (χ0) is 14.4. The minimum atomic E-state index is 0.160. The van der Waals surface area contributed by atoms with E-state index in [0.717, 1.165) is 19.6 Å². The van der Waals surface area contributed by atoms with Crippen molar-refractivity contribution < 1.29 is 4.74 Å². The number of hydrogen-bond donors (Lipinski definition) is 1. The second-order valence-corrected chi connectivity index (χ2v) is 6.71. The number of nitrogens with zero attached hydrogens (tertiary/aromatic N) is 1. The van der Waals surface area contributed by atoms with Gasteiger partial charge in [0, 0.05) is 11.6 Å². The first-order valence-corrected chi connectivity index (χ1v) is 8.45. The third-order valence-corrected chi connectivity index (χ3v) is 4.87. The number of hydrogen-bond acceptors (Lipinski definition) is 3. The molecule has 3 heteroatoms. The third kappa shape index (κ3) is 3.76. The Morgan fingerprint density at radius 2 is 1.90 bits per heavy atom. The SMILES string of the molecule is CCNC(C1=COCCC1)C(C)(C)N1CCCCCC1. The molecule has 1 unspecified atom stereocenters. The summed E-state index contributed by atoms with van der Waals surface area (Å²) in [5.74, 6) is 0. The van der Waals surface area contributed by atoms with Crippen molar-refractivity contribution in [2.75, 3.05) is 26.2 Å². The Kier molecular flexibility index (Phi) is 5.91. The lowest BCUT2D eigenvalue weighted by Gasteiger charge is -2.45. The number of rotatable bonds is 5. The van der Waals surface area contributed by atoms with Gasteiger partial charge in [0.15, 0.2) is 0 Å². The molecule has 0 amide bonds. The van der Waals surface area contributed by atoms with Crippen LogP contribution < -0.4 is 5.32 Å². The van der Waals surface area contributed by atoms with Crippen molar-refractivity contribution in [1.82, 2.24) is 10.2 Å². The summed E-state index contributed by atoms with van der Waals surface area (Å²) in [6.45, 7) is 11.4. The fourth-order valence-corrected chi connectivity index (χ4v) is 3.67. The van der Waals surface area contributed by atoms with Crippen molar-refractivity contribution in [1.29, 1.82) is 0 Å². The number of ether oxygens (including phenoxy) is 1. The van der Waals surface area contributed by atoms with E-state index in [4.69, 9.17) is 4.74 Å². The molecule has 0 aromatic heterocycles. The highest BCUT2D eigenvalue weighted by molar-refractivity contribution is 5.17. The van der Waals surface area contributed by atoms with E-state index in [9.17, 15) is 0 Å². The van der Waals surface area contributed by atoms with E-state index >= 15 is 0 Å². The molecule has 2 heterocycles. The molecule has 1 N–H and O–H groups in total. The summed E-state index contributed by atoms with van der Waals surface area (Å²) in [5.41, 5.74) is 1.61. The van der Waals surface area contributed by atoms with E-state index in [0.29, 0.717) is 6.04 Å². The highest BCUT2D eigenvalue weighted by Crippen LogP contribution is 2.30. The van der Waals surface area contributed by atoms with Gasteiger partial charge in [0.05, 0.1) is 12.9 Å². The molecule has 1 atom stereocenters. The molecular weight excluding hydrogens is 248 g/mol. The molecule has 1 fully saturated rings. The minimum absolute atomic E-state index is 0.160. The molecule has 0 spiro atoms. The monoisotopic (exact) mass is 280 g/mol. The standard InChI is InChI=1S/C17H32N2O/c1-4-18-16(15-10-9-13-20-14-15)17(2,3)19-11-7-5-6-8-12-19/h14,16,18H,4-13H2,1-3H3. The van der Waals surface area contributed by atoms with Gasteiger partial charge in [-0.1, -0.05) is 19.8 Å². The van der Waals surface area contributed by atoms with Crippen molar-refractivity contribution in [3.8, 4) is 0 Å². The van der Waals surface area contributed by atoms with E-state index < -0.39 is 0 Å².